The van der Waals surface area contributed by atoms with Crippen LogP contribution < -0.4 is 4.74 Å². The molecule has 0 N–H and O–H groups in total. The van der Waals surface area contributed by atoms with E-state index in [0.717, 1.165) is 31.7 Å². The number of nitrogens with zero attached hydrogens (tertiary/aromatic N) is 1. The fourth-order valence-electron chi connectivity index (χ4n) is 1.98. The van der Waals surface area contributed by atoms with Gasteiger partial charge in [-0.05, 0) is 31.0 Å². The van der Waals surface area contributed by atoms with E-state index in [1.54, 1.807) is 12.1 Å². The van der Waals surface area contributed by atoms with Gasteiger partial charge < -0.3 is 9.64 Å². The summed E-state index contributed by atoms with van der Waals surface area (Å²) in [5.41, 5.74) is 0.702. The number of hydrogen-bond donors (Lipinski definition) is 0. The molecule has 0 unspecified atom stereocenters. The molecule has 0 atom stereocenters. The molecule has 0 radical (unpaired) electrons. The molecule has 0 spiro atoms. The Bertz CT molecular complexity index is 408. The van der Waals surface area contributed by atoms with Gasteiger partial charge >= 0.3 is 0 Å². The first kappa shape index (κ1) is 11.7. The molecule has 2 rings (SSSR count). The van der Waals surface area contributed by atoms with E-state index >= 15 is 0 Å². The lowest BCUT2D eigenvalue weighted by atomic mass is 10.2. The van der Waals surface area contributed by atoms with Gasteiger partial charge in [0.15, 0.2) is 0 Å². The topological polar surface area (TPSA) is 29.5 Å². The molecule has 1 aromatic carbocycles. The summed E-state index contributed by atoms with van der Waals surface area (Å²) in [5, 5.41) is 0. The van der Waals surface area contributed by atoms with Gasteiger partial charge in [0.25, 0.3) is 5.91 Å². The Labute approximate surface area is 102 Å². The van der Waals surface area contributed by atoms with Crippen LogP contribution in [0.15, 0.2) is 36.9 Å². The van der Waals surface area contributed by atoms with E-state index in [4.69, 9.17) is 4.74 Å². The van der Waals surface area contributed by atoms with Crippen LogP contribution in [0, 0.1) is 0 Å². The van der Waals surface area contributed by atoms with Crippen LogP contribution >= 0.6 is 0 Å². The van der Waals surface area contributed by atoms with Crippen molar-refractivity contribution < 1.29 is 9.53 Å². The van der Waals surface area contributed by atoms with E-state index in [0.29, 0.717) is 12.2 Å². The van der Waals surface area contributed by atoms with Crippen LogP contribution in [0.25, 0.3) is 0 Å². The lowest BCUT2D eigenvalue weighted by molar-refractivity contribution is 0.0792. The van der Waals surface area contributed by atoms with Gasteiger partial charge in [-0.15, -0.1) is 0 Å². The molecular weight excluding hydrogens is 214 g/mol. The van der Waals surface area contributed by atoms with Gasteiger partial charge in [0.05, 0.1) is 0 Å². The van der Waals surface area contributed by atoms with Gasteiger partial charge in [-0.3, -0.25) is 4.79 Å². The Morgan fingerprint density at radius 3 is 2.88 bits per heavy atom. The van der Waals surface area contributed by atoms with Crippen LogP contribution in [0.3, 0.4) is 0 Å². The maximum absolute atomic E-state index is 12.1. The van der Waals surface area contributed by atoms with Crippen molar-refractivity contribution in [3.8, 4) is 5.75 Å². The van der Waals surface area contributed by atoms with Crippen molar-refractivity contribution in [2.45, 2.75) is 12.8 Å². The molecule has 17 heavy (non-hydrogen) atoms. The lowest BCUT2D eigenvalue weighted by Gasteiger charge is -2.15. The molecule has 1 heterocycles. The quantitative estimate of drug-likeness (QED) is 0.745. The molecule has 0 saturated carbocycles. The molecule has 1 amide bonds. The van der Waals surface area contributed by atoms with Crippen LogP contribution in [0.2, 0.25) is 0 Å². The molecule has 3 heteroatoms. The molecule has 3 nitrogen and oxygen atoms in total. The second kappa shape index (κ2) is 5.53. The van der Waals surface area contributed by atoms with Crippen molar-refractivity contribution >= 4 is 5.91 Å². The minimum atomic E-state index is 0.103. The summed E-state index contributed by atoms with van der Waals surface area (Å²) in [6.45, 7) is 5.80. The molecule has 90 valence electrons. The molecule has 1 aliphatic heterocycles. The maximum atomic E-state index is 12.1. The minimum absolute atomic E-state index is 0.103. The standard InChI is InChI=1S/C14H17NO2/c1-2-10-17-13-7-5-6-12(11-13)14(16)15-8-3-4-9-15/h2,5-7,11H,1,3-4,8-10H2. The predicted molar refractivity (Wildman–Crippen MR) is 67.3 cm³/mol. The predicted octanol–water partition coefficient (Wildman–Crippen LogP) is 2.49. The zero-order valence-electron chi connectivity index (χ0n) is 9.89. The summed E-state index contributed by atoms with van der Waals surface area (Å²) in [7, 11) is 0. The molecule has 1 aliphatic rings. The Kier molecular flexibility index (Phi) is 3.81. The summed E-state index contributed by atoms with van der Waals surface area (Å²) >= 11 is 0. The van der Waals surface area contributed by atoms with Gasteiger partial charge in [0, 0.05) is 18.7 Å². The first-order chi connectivity index (χ1) is 8.31. The van der Waals surface area contributed by atoms with E-state index in [2.05, 4.69) is 6.58 Å². The van der Waals surface area contributed by atoms with Crippen molar-refractivity contribution in [2.75, 3.05) is 19.7 Å². The summed E-state index contributed by atoms with van der Waals surface area (Å²) in [5.74, 6) is 0.821. The summed E-state index contributed by atoms with van der Waals surface area (Å²) in [6.07, 6.45) is 3.91. The third-order valence-corrected chi connectivity index (χ3v) is 2.84. The zero-order valence-corrected chi connectivity index (χ0v) is 9.89. The van der Waals surface area contributed by atoms with Gasteiger partial charge in [-0.2, -0.15) is 0 Å². The highest BCUT2D eigenvalue weighted by molar-refractivity contribution is 5.94. The summed E-state index contributed by atoms with van der Waals surface area (Å²) in [6, 6.07) is 7.33. The number of amides is 1. The molecule has 0 aliphatic carbocycles. The number of likely N-dealkylation sites (tertiary alicyclic amines) is 1. The normalized spacial score (nSPS) is 14.7. The fraction of sp³-hybridized carbons (Fsp3) is 0.357. The third-order valence-electron chi connectivity index (χ3n) is 2.84. The molecule has 1 fully saturated rings. The molecule has 0 aromatic heterocycles. The van der Waals surface area contributed by atoms with Crippen molar-refractivity contribution in [3.63, 3.8) is 0 Å². The van der Waals surface area contributed by atoms with Crippen molar-refractivity contribution in [3.05, 3.63) is 42.5 Å². The smallest absolute Gasteiger partial charge is 0.253 e. The molecule has 1 saturated heterocycles. The van der Waals surface area contributed by atoms with Gasteiger partial charge in [0.2, 0.25) is 0 Å². The van der Waals surface area contributed by atoms with E-state index in [1.165, 1.54) is 0 Å². The highest BCUT2D eigenvalue weighted by Crippen LogP contribution is 2.17. The SMILES string of the molecule is C=CCOc1cccc(C(=O)N2CCCC2)c1. The Balaban J connectivity index is 2.08. The lowest BCUT2D eigenvalue weighted by Crippen LogP contribution is -2.27. The highest BCUT2D eigenvalue weighted by Gasteiger charge is 2.19. The van der Waals surface area contributed by atoms with Crippen LogP contribution in [0.4, 0.5) is 0 Å². The number of carbonyl (C=O) groups excluding carboxylic acids is 1. The average molecular weight is 231 g/mol. The van der Waals surface area contributed by atoms with Crippen LogP contribution in [-0.2, 0) is 0 Å². The minimum Gasteiger partial charge on any atom is -0.490 e. The third kappa shape index (κ3) is 2.87. The number of carbonyl (C=O) groups is 1. The van der Waals surface area contributed by atoms with Crippen molar-refractivity contribution in [2.24, 2.45) is 0 Å². The van der Waals surface area contributed by atoms with Gasteiger partial charge in [-0.1, -0.05) is 18.7 Å². The molecular formula is C14H17NO2. The van der Waals surface area contributed by atoms with Gasteiger partial charge in [0.1, 0.15) is 12.4 Å². The summed E-state index contributed by atoms with van der Waals surface area (Å²) in [4.78, 5) is 14.0. The first-order valence-corrected chi connectivity index (χ1v) is 5.94. The number of rotatable bonds is 4. The Hall–Kier alpha value is -1.77. The van der Waals surface area contributed by atoms with E-state index < -0.39 is 0 Å². The first-order valence-electron chi connectivity index (χ1n) is 5.94. The monoisotopic (exact) mass is 231 g/mol. The maximum Gasteiger partial charge on any atom is 0.253 e. The molecule has 0 bridgehead atoms. The largest absolute Gasteiger partial charge is 0.490 e. The van der Waals surface area contributed by atoms with Crippen LogP contribution in [0.1, 0.15) is 23.2 Å². The number of ether oxygens (including phenoxy) is 1. The average Bonchev–Trinajstić information content (AvgIpc) is 2.89. The van der Waals surface area contributed by atoms with Crippen LogP contribution in [0.5, 0.6) is 5.75 Å². The Morgan fingerprint density at radius 2 is 2.18 bits per heavy atom. The van der Waals surface area contributed by atoms with Crippen molar-refractivity contribution in [1.82, 2.24) is 4.90 Å². The van der Waals surface area contributed by atoms with E-state index in [1.807, 2.05) is 23.1 Å². The van der Waals surface area contributed by atoms with E-state index in [9.17, 15) is 4.79 Å². The van der Waals surface area contributed by atoms with E-state index in [-0.39, 0.29) is 5.91 Å². The van der Waals surface area contributed by atoms with Crippen LogP contribution in [-0.4, -0.2) is 30.5 Å². The van der Waals surface area contributed by atoms with Crippen molar-refractivity contribution in [1.29, 1.82) is 0 Å². The fourth-order valence-corrected chi connectivity index (χ4v) is 1.98. The second-order valence-electron chi connectivity index (χ2n) is 4.13. The number of hydrogen-bond acceptors (Lipinski definition) is 2. The zero-order chi connectivity index (χ0) is 12.1. The second-order valence-corrected chi connectivity index (χ2v) is 4.13. The molecule has 1 aromatic rings. The Morgan fingerprint density at radius 1 is 1.41 bits per heavy atom. The summed E-state index contributed by atoms with van der Waals surface area (Å²) < 4.78 is 5.42. The highest BCUT2D eigenvalue weighted by atomic mass is 16.5. The number of benzene rings is 1. The van der Waals surface area contributed by atoms with Gasteiger partial charge in [-0.25, -0.2) is 0 Å².